The maximum Gasteiger partial charge on any atom is 0.152 e. The van der Waals surface area contributed by atoms with E-state index in [1.165, 1.54) is 16.7 Å². The number of hydrogen-bond acceptors (Lipinski definition) is 2. The fraction of sp³-hybridized carbons (Fsp3) is 0.176. The standard InChI is InChI=1S/C17H16N2O/c1-12-5-6-14(8-13(12)2)9-19-10-15(11-20)16-4-3-7-18-17(16)19/h3-8,10-11H,9H2,1-2H3. The Bertz CT molecular complexity index is 787. The second-order valence-electron chi connectivity index (χ2n) is 5.12. The quantitative estimate of drug-likeness (QED) is 0.678. The van der Waals surface area contributed by atoms with Gasteiger partial charge in [0.1, 0.15) is 5.65 Å². The van der Waals surface area contributed by atoms with Gasteiger partial charge in [0.15, 0.2) is 6.29 Å². The summed E-state index contributed by atoms with van der Waals surface area (Å²) < 4.78 is 2.03. The lowest BCUT2D eigenvalue weighted by molar-refractivity contribution is 0.112. The van der Waals surface area contributed by atoms with Crippen LogP contribution in [0, 0.1) is 13.8 Å². The average molecular weight is 264 g/mol. The van der Waals surface area contributed by atoms with E-state index in [-0.39, 0.29) is 0 Å². The molecule has 0 atom stereocenters. The van der Waals surface area contributed by atoms with Gasteiger partial charge in [0.2, 0.25) is 0 Å². The molecule has 0 amide bonds. The Morgan fingerprint density at radius 1 is 1.20 bits per heavy atom. The van der Waals surface area contributed by atoms with E-state index in [0.717, 1.165) is 23.9 Å². The molecule has 2 aromatic heterocycles. The van der Waals surface area contributed by atoms with E-state index < -0.39 is 0 Å². The van der Waals surface area contributed by atoms with Crippen molar-refractivity contribution in [1.82, 2.24) is 9.55 Å². The monoisotopic (exact) mass is 264 g/mol. The molecule has 20 heavy (non-hydrogen) atoms. The van der Waals surface area contributed by atoms with Gasteiger partial charge in [-0.15, -0.1) is 0 Å². The van der Waals surface area contributed by atoms with Crippen LogP contribution in [0.15, 0.2) is 42.7 Å². The van der Waals surface area contributed by atoms with E-state index in [2.05, 4.69) is 37.0 Å². The number of benzene rings is 1. The SMILES string of the molecule is Cc1ccc(Cn2cc(C=O)c3cccnc32)cc1C. The summed E-state index contributed by atoms with van der Waals surface area (Å²) in [6.07, 6.45) is 4.52. The van der Waals surface area contributed by atoms with Crippen molar-refractivity contribution in [2.45, 2.75) is 20.4 Å². The van der Waals surface area contributed by atoms with Gasteiger partial charge in [-0.3, -0.25) is 4.79 Å². The molecule has 0 saturated heterocycles. The Hall–Kier alpha value is -2.42. The molecule has 0 aliphatic carbocycles. The van der Waals surface area contributed by atoms with Crippen molar-refractivity contribution < 1.29 is 4.79 Å². The Balaban J connectivity index is 2.06. The number of rotatable bonds is 3. The van der Waals surface area contributed by atoms with Crippen molar-refractivity contribution in [3.05, 3.63) is 65.0 Å². The molecule has 0 saturated carbocycles. The van der Waals surface area contributed by atoms with Crippen LogP contribution in [0.3, 0.4) is 0 Å². The van der Waals surface area contributed by atoms with Crippen molar-refractivity contribution in [3.63, 3.8) is 0 Å². The molecule has 0 bridgehead atoms. The first-order chi connectivity index (χ1) is 9.69. The summed E-state index contributed by atoms with van der Waals surface area (Å²) in [4.78, 5) is 15.5. The third kappa shape index (κ3) is 2.11. The van der Waals surface area contributed by atoms with Gasteiger partial charge >= 0.3 is 0 Å². The molecule has 0 fully saturated rings. The van der Waals surface area contributed by atoms with Crippen molar-refractivity contribution in [3.8, 4) is 0 Å². The maximum absolute atomic E-state index is 11.1. The second-order valence-corrected chi connectivity index (χ2v) is 5.12. The summed E-state index contributed by atoms with van der Waals surface area (Å²) in [7, 11) is 0. The van der Waals surface area contributed by atoms with Crippen molar-refractivity contribution in [2.24, 2.45) is 0 Å². The first-order valence-corrected chi connectivity index (χ1v) is 6.64. The van der Waals surface area contributed by atoms with E-state index in [1.807, 2.05) is 22.9 Å². The fourth-order valence-corrected chi connectivity index (χ4v) is 2.46. The lowest BCUT2D eigenvalue weighted by atomic mass is 10.1. The van der Waals surface area contributed by atoms with E-state index >= 15 is 0 Å². The molecule has 0 radical (unpaired) electrons. The van der Waals surface area contributed by atoms with E-state index in [9.17, 15) is 4.79 Å². The molecule has 2 heterocycles. The van der Waals surface area contributed by atoms with Gasteiger partial charge in [0.05, 0.1) is 0 Å². The minimum Gasteiger partial charge on any atom is -0.327 e. The summed E-state index contributed by atoms with van der Waals surface area (Å²) >= 11 is 0. The number of carbonyl (C=O) groups excluding carboxylic acids is 1. The van der Waals surface area contributed by atoms with Gasteiger partial charge in [0, 0.05) is 29.9 Å². The number of hydrogen-bond donors (Lipinski definition) is 0. The van der Waals surface area contributed by atoms with Gasteiger partial charge in [-0.1, -0.05) is 18.2 Å². The summed E-state index contributed by atoms with van der Waals surface area (Å²) in [5.74, 6) is 0. The van der Waals surface area contributed by atoms with Crippen molar-refractivity contribution in [1.29, 1.82) is 0 Å². The van der Waals surface area contributed by atoms with Gasteiger partial charge in [-0.2, -0.15) is 0 Å². The molecular weight excluding hydrogens is 248 g/mol. The van der Waals surface area contributed by atoms with Crippen molar-refractivity contribution in [2.75, 3.05) is 0 Å². The Morgan fingerprint density at radius 3 is 2.80 bits per heavy atom. The number of nitrogens with zero attached hydrogens (tertiary/aromatic N) is 2. The predicted molar refractivity (Wildman–Crippen MR) is 80.1 cm³/mol. The molecule has 3 heteroatoms. The van der Waals surface area contributed by atoms with Gasteiger partial charge in [-0.05, 0) is 42.7 Å². The number of aromatic nitrogens is 2. The predicted octanol–water partition coefficient (Wildman–Crippen LogP) is 3.51. The molecule has 3 aromatic rings. The Labute approximate surface area is 117 Å². The normalized spacial score (nSPS) is 10.9. The average Bonchev–Trinajstić information content (AvgIpc) is 2.81. The third-order valence-corrected chi connectivity index (χ3v) is 3.72. The molecule has 0 aliphatic heterocycles. The zero-order chi connectivity index (χ0) is 14.1. The second kappa shape index (κ2) is 4.93. The summed E-state index contributed by atoms with van der Waals surface area (Å²) in [6.45, 7) is 4.94. The molecule has 0 spiro atoms. The zero-order valence-electron chi connectivity index (χ0n) is 11.6. The molecule has 1 aromatic carbocycles. The molecule has 0 N–H and O–H groups in total. The summed E-state index contributed by atoms with van der Waals surface area (Å²) in [6, 6.07) is 10.2. The number of pyridine rings is 1. The van der Waals surface area contributed by atoms with E-state index in [4.69, 9.17) is 0 Å². The first-order valence-electron chi connectivity index (χ1n) is 6.64. The van der Waals surface area contributed by atoms with Crippen LogP contribution in [-0.4, -0.2) is 15.8 Å². The Kier molecular flexibility index (Phi) is 3.11. The minimum atomic E-state index is 0.692. The largest absolute Gasteiger partial charge is 0.327 e. The van der Waals surface area contributed by atoms with Crippen LogP contribution in [0.1, 0.15) is 27.0 Å². The highest BCUT2D eigenvalue weighted by Gasteiger charge is 2.09. The molecule has 3 rings (SSSR count). The molecule has 3 nitrogen and oxygen atoms in total. The lowest BCUT2D eigenvalue weighted by Crippen LogP contribution is -1.99. The van der Waals surface area contributed by atoms with Crippen LogP contribution in [0.5, 0.6) is 0 Å². The Morgan fingerprint density at radius 2 is 2.05 bits per heavy atom. The lowest BCUT2D eigenvalue weighted by Gasteiger charge is -2.07. The number of aldehydes is 1. The van der Waals surface area contributed by atoms with Crippen LogP contribution in [-0.2, 0) is 6.54 Å². The summed E-state index contributed by atoms with van der Waals surface area (Å²) in [5.41, 5.74) is 5.33. The molecule has 0 aliphatic rings. The highest BCUT2D eigenvalue weighted by atomic mass is 16.1. The molecule has 0 unspecified atom stereocenters. The highest BCUT2D eigenvalue weighted by molar-refractivity contribution is 5.95. The van der Waals surface area contributed by atoms with Crippen LogP contribution >= 0.6 is 0 Å². The first kappa shape index (κ1) is 12.6. The fourth-order valence-electron chi connectivity index (χ4n) is 2.46. The minimum absolute atomic E-state index is 0.692. The van der Waals surface area contributed by atoms with Crippen LogP contribution < -0.4 is 0 Å². The number of aryl methyl sites for hydroxylation is 2. The topological polar surface area (TPSA) is 34.9 Å². The third-order valence-electron chi connectivity index (χ3n) is 3.72. The highest BCUT2D eigenvalue weighted by Crippen LogP contribution is 2.20. The van der Waals surface area contributed by atoms with Crippen LogP contribution in [0.25, 0.3) is 11.0 Å². The molecular formula is C17H16N2O. The van der Waals surface area contributed by atoms with E-state index in [0.29, 0.717) is 5.56 Å². The van der Waals surface area contributed by atoms with Gasteiger partial charge in [-0.25, -0.2) is 4.98 Å². The molecule has 100 valence electrons. The van der Waals surface area contributed by atoms with E-state index in [1.54, 1.807) is 6.20 Å². The zero-order valence-corrected chi connectivity index (χ0v) is 11.6. The number of fused-ring (bicyclic) bond motifs is 1. The van der Waals surface area contributed by atoms with Crippen LogP contribution in [0.2, 0.25) is 0 Å². The number of carbonyl (C=O) groups is 1. The van der Waals surface area contributed by atoms with Crippen LogP contribution in [0.4, 0.5) is 0 Å². The maximum atomic E-state index is 11.1. The van der Waals surface area contributed by atoms with Gasteiger partial charge in [0.25, 0.3) is 0 Å². The smallest absolute Gasteiger partial charge is 0.152 e. The van der Waals surface area contributed by atoms with Gasteiger partial charge < -0.3 is 4.57 Å². The summed E-state index contributed by atoms with van der Waals surface area (Å²) in [5, 5.41) is 0.909. The van der Waals surface area contributed by atoms with Crippen molar-refractivity contribution >= 4 is 17.3 Å².